The third-order valence-corrected chi connectivity index (χ3v) is 2.75. The molecule has 0 saturated carbocycles. The Hall–Kier alpha value is -2.25. The Morgan fingerprint density at radius 3 is 2.60 bits per heavy atom. The molecule has 20 heavy (non-hydrogen) atoms. The van der Waals surface area contributed by atoms with Crippen LogP contribution in [0.3, 0.4) is 0 Å². The molecular formula is C12H17F2N5O. The van der Waals surface area contributed by atoms with Gasteiger partial charge >= 0.3 is 0 Å². The van der Waals surface area contributed by atoms with Crippen molar-refractivity contribution in [3.63, 3.8) is 0 Å². The summed E-state index contributed by atoms with van der Waals surface area (Å²) >= 11 is 0. The number of aromatic nitrogens is 2. The number of hydrogen-bond acceptors (Lipinski definition) is 5. The zero-order valence-electron chi connectivity index (χ0n) is 11.4. The number of halogens is 2. The number of allylic oxidation sites excluding steroid dienone is 1. The normalized spacial score (nSPS) is 13.2. The van der Waals surface area contributed by atoms with Gasteiger partial charge in [0.15, 0.2) is 0 Å². The smallest absolute Gasteiger partial charge is 0.279 e. The summed E-state index contributed by atoms with van der Waals surface area (Å²) in [6.07, 6.45) is 1.30. The molecule has 1 atom stereocenters. The number of methoxy groups -OCH3 is 1. The molecule has 0 aliphatic heterocycles. The summed E-state index contributed by atoms with van der Waals surface area (Å²) in [5, 5.41) is 21.9. The third-order valence-electron chi connectivity index (χ3n) is 2.75. The van der Waals surface area contributed by atoms with E-state index in [2.05, 4.69) is 10.4 Å². The molecule has 8 heteroatoms. The lowest BCUT2D eigenvalue weighted by Crippen LogP contribution is -2.19. The molecule has 0 aliphatic rings. The van der Waals surface area contributed by atoms with E-state index in [0.717, 1.165) is 11.8 Å². The highest BCUT2D eigenvalue weighted by Gasteiger charge is 2.20. The average molecular weight is 285 g/mol. The molecule has 0 radical (unpaired) electrons. The third kappa shape index (κ3) is 3.62. The Labute approximate surface area is 115 Å². The first-order valence-corrected chi connectivity index (χ1v) is 5.83. The first-order chi connectivity index (χ1) is 9.40. The maximum absolute atomic E-state index is 12.5. The van der Waals surface area contributed by atoms with Crippen LogP contribution in [0.15, 0.2) is 24.0 Å². The van der Waals surface area contributed by atoms with Crippen LogP contribution >= 0.6 is 0 Å². The maximum Gasteiger partial charge on any atom is 0.279 e. The minimum Gasteiger partial charge on any atom is -0.481 e. The van der Waals surface area contributed by atoms with Crippen molar-refractivity contribution in [2.45, 2.75) is 19.4 Å². The Balaban J connectivity index is 3.10. The van der Waals surface area contributed by atoms with Crippen molar-refractivity contribution in [2.75, 3.05) is 19.5 Å². The molecule has 1 aromatic rings. The predicted octanol–water partition coefficient (Wildman–Crippen LogP) is 2.32. The van der Waals surface area contributed by atoms with Crippen LogP contribution in [-0.2, 0) is 4.74 Å². The van der Waals surface area contributed by atoms with Gasteiger partial charge in [-0.15, -0.1) is 0 Å². The topological polar surface area (TPSA) is 86.8 Å². The van der Waals surface area contributed by atoms with Crippen molar-refractivity contribution in [3.05, 3.63) is 24.0 Å². The van der Waals surface area contributed by atoms with Crippen LogP contribution in [0.1, 0.15) is 13.0 Å². The second-order valence-corrected chi connectivity index (χ2v) is 4.02. The molecule has 110 valence electrons. The van der Waals surface area contributed by atoms with Crippen LogP contribution in [0.25, 0.3) is 0 Å². The highest BCUT2D eigenvalue weighted by Crippen LogP contribution is 2.20. The summed E-state index contributed by atoms with van der Waals surface area (Å²) in [6, 6.07) is -0.511. The van der Waals surface area contributed by atoms with E-state index in [1.807, 2.05) is 0 Å². The van der Waals surface area contributed by atoms with Crippen molar-refractivity contribution in [2.24, 2.45) is 0 Å². The molecule has 0 aliphatic carbocycles. The van der Waals surface area contributed by atoms with Gasteiger partial charge in [-0.3, -0.25) is 15.5 Å². The molecule has 0 saturated heterocycles. The van der Waals surface area contributed by atoms with Crippen LogP contribution in [0.2, 0.25) is 0 Å². The van der Waals surface area contributed by atoms with Gasteiger partial charge in [-0.25, -0.2) is 8.78 Å². The first kappa shape index (κ1) is 15.8. The van der Waals surface area contributed by atoms with Crippen molar-refractivity contribution in [1.29, 1.82) is 10.8 Å². The molecule has 0 aromatic carbocycles. The lowest BCUT2D eigenvalue weighted by Gasteiger charge is -2.17. The SMILES string of the molecule is CNc1cnn(C(C)/C(=C/C(=N)C(F)F)C(=N)OC)c1. The lowest BCUT2D eigenvalue weighted by atomic mass is 10.1. The monoisotopic (exact) mass is 285 g/mol. The van der Waals surface area contributed by atoms with E-state index in [1.54, 1.807) is 26.4 Å². The second kappa shape index (κ2) is 6.78. The van der Waals surface area contributed by atoms with Crippen LogP contribution in [-0.4, -0.2) is 42.0 Å². The predicted molar refractivity (Wildman–Crippen MR) is 73.0 cm³/mol. The van der Waals surface area contributed by atoms with Crippen molar-refractivity contribution >= 4 is 17.3 Å². The zero-order chi connectivity index (χ0) is 15.3. The van der Waals surface area contributed by atoms with E-state index < -0.39 is 18.2 Å². The Morgan fingerprint density at radius 2 is 2.15 bits per heavy atom. The van der Waals surface area contributed by atoms with Crippen LogP contribution in [0.5, 0.6) is 0 Å². The molecule has 3 N–H and O–H groups in total. The van der Waals surface area contributed by atoms with Crippen LogP contribution in [0.4, 0.5) is 14.5 Å². The summed E-state index contributed by atoms with van der Waals surface area (Å²) < 4.78 is 31.2. The van der Waals surface area contributed by atoms with E-state index in [4.69, 9.17) is 15.6 Å². The standard InChI is InChI=1S/C12H17F2N5O/c1-7(19-6-8(17-2)5-18-19)9(12(16)20-3)4-10(15)11(13)14/h4-7,11,15-17H,1-3H3/b9-4-,15-10?,16-12?. The van der Waals surface area contributed by atoms with E-state index in [9.17, 15) is 8.78 Å². The van der Waals surface area contributed by atoms with Gasteiger partial charge in [0.2, 0.25) is 5.90 Å². The van der Waals surface area contributed by atoms with Crippen molar-refractivity contribution in [1.82, 2.24) is 9.78 Å². The fraction of sp³-hybridized carbons (Fsp3) is 0.417. The van der Waals surface area contributed by atoms with Crippen LogP contribution < -0.4 is 5.32 Å². The minimum atomic E-state index is -2.90. The van der Waals surface area contributed by atoms with Crippen LogP contribution in [0, 0.1) is 10.8 Å². The Bertz CT molecular complexity index is 524. The summed E-state index contributed by atoms with van der Waals surface area (Å²) in [5.74, 6) is -0.274. The van der Waals surface area contributed by atoms with Gasteiger partial charge in [0.1, 0.15) is 0 Å². The minimum absolute atomic E-state index is 0.156. The van der Waals surface area contributed by atoms with Crippen molar-refractivity contribution < 1.29 is 13.5 Å². The molecule has 6 nitrogen and oxygen atoms in total. The number of rotatable bonds is 6. The average Bonchev–Trinajstić information content (AvgIpc) is 2.91. The van der Waals surface area contributed by atoms with E-state index in [0.29, 0.717) is 0 Å². The molecule has 0 fully saturated rings. The Morgan fingerprint density at radius 1 is 1.50 bits per heavy atom. The quantitative estimate of drug-likeness (QED) is 0.553. The number of nitrogens with one attached hydrogen (secondary N) is 3. The number of anilines is 1. The van der Waals surface area contributed by atoms with Gasteiger partial charge in [-0.2, -0.15) is 5.10 Å². The molecule has 1 aromatic heterocycles. The lowest BCUT2D eigenvalue weighted by molar-refractivity contribution is 0.226. The van der Waals surface area contributed by atoms with Gasteiger partial charge in [0, 0.05) is 18.8 Å². The summed E-state index contributed by atoms with van der Waals surface area (Å²) in [4.78, 5) is 0. The molecule has 0 spiro atoms. The summed E-state index contributed by atoms with van der Waals surface area (Å²) in [6.45, 7) is 1.69. The number of ether oxygens (including phenoxy) is 1. The van der Waals surface area contributed by atoms with E-state index in [-0.39, 0.29) is 11.5 Å². The molecule has 1 rings (SSSR count). The molecule has 1 unspecified atom stereocenters. The van der Waals surface area contributed by atoms with Gasteiger partial charge in [-0.05, 0) is 13.0 Å². The Kier molecular flexibility index (Phi) is 5.36. The molecule has 0 bridgehead atoms. The van der Waals surface area contributed by atoms with E-state index >= 15 is 0 Å². The maximum atomic E-state index is 12.5. The summed E-state index contributed by atoms with van der Waals surface area (Å²) in [5.41, 5.74) is 0.0438. The first-order valence-electron chi connectivity index (χ1n) is 5.83. The largest absolute Gasteiger partial charge is 0.481 e. The van der Waals surface area contributed by atoms with Gasteiger partial charge in [0.25, 0.3) is 6.43 Å². The van der Waals surface area contributed by atoms with E-state index in [1.165, 1.54) is 11.8 Å². The molecular weight excluding hydrogens is 268 g/mol. The van der Waals surface area contributed by atoms with Gasteiger partial charge < -0.3 is 10.1 Å². The fourth-order valence-electron chi connectivity index (χ4n) is 1.55. The number of nitrogens with zero attached hydrogens (tertiary/aromatic N) is 2. The fourth-order valence-corrected chi connectivity index (χ4v) is 1.55. The molecule has 1 heterocycles. The molecule has 0 amide bonds. The van der Waals surface area contributed by atoms with Gasteiger partial charge in [-0.1, -0.05) is 0 Å². The zero-order valence-corrected chi connectivity index (χ0v) is 11.4. The van der Waals surface area contributed by atoms with Crippen molar-refractivity contribution in [3.8, 4) is 0 Å². The number of hydrogen-bond donors (Lipinski definition) is 3. The van der Waals surface area contributed by atoms with Gasteiger partial charge in [0.05, 0.1) is 30.7 Å². The highest BCUT2D eigenvalue weighted by molar-refractivity contribution is 6.03. The summed E-state index contributed by atoms with van der Waals surface area (Å²) in [7, 11) is 3.00. The second-order valence-electron chi connectivity index (χ2n) is 4.02. The highest BCUT2D eigenvalue weighted by atomic mass is 19.3. The number of alkyl halides is 2.